The molecule has 0 aliphatic rings. The van der Waals surface area contributed by atoms with Gasteiger partial charge in [0.1, 0.15) is 0 Å². The third-order valence-corrected chi connectivity index (χ3v) is 2.58. The second-order valence-electron chi connectivity index (χ2n) is 2.72. The molecule has 0 spiro atoms. The monoisotopic (exact) mass is 198 g/mol. The molecule has 1 rings (SSSR count). The van der Waals surface area contributed by atoms with Crippen LogP contribution in [0.15, 0.2) is 17.5 Å². The Morgan fingerprint density at radius 2 is 2.46 bits per heavy atom. The summed E-state index contributed by atoms with van der Waals surface area (Å²) < 4.78 is 0. The summed E-state index contributed by atoms with van der Waals surface area (Å²) in [5, 5.41) is 4.76. The van der Waals surface area contributed by atoms with Crippen molar-refractivity contribution in [2.24, 2.45) is 5.73 Å². The van der Waals surface area contributed by atoms with Gasteiger partial charge in [-0.15, -0.1) is 11.3 Å². The molecule has 0 aliphatic heterocycles. The van der Waals surface area contributed by atoms with Crippen molar-refractivity contribution in [1.82, 2.24) is 5.32 Å². The molecule has 1 amide bonds. The summed E-state index contributed by atoms with van der Waals surface area (Å²) in [6.07, 6.45) is 1.38. The van der Waals surface area contributed by atoms with Crippen LogP contribution in [-0.2, 0) is 11.2 Å². The molecular formula is C9H14N2OS. The smallest absolute Gasteiger partial charge is 0.220 e. The molecule has 1 heterocycles. The van der Waals surface area contributed by atoms with Gasteiger partial charge >= 0.3 is 0 Å². The zero-order chi connectivity index (χ0) is 9.52. The molecule has 3 nitrogen and oxygen atoms in total. The first-order chi connectivity index (χ1) is 6.33. The summed E-state index contributed by atoms with van der Waals surface area (Å²) >= 11 is 1.68. The minimum absolute atomic E-state index is 0.0823. The lowest BCUT2D eigenvalue weighted by Gasteiger charge is -2.01. The number of nitrogens with two attached hydrogens (primary N) is 1. The minimum atomic E-state index is 0.0823. The third kappa shape index (κ3) is 4.05. The van der Waals surface area contributed by atoms with Crippen LogP contribution in [0.5, 0.6) is 0 Å². The van der Waals surface area contributed by atoms with Gasteiger partial charge in [-0.25, -0.2) is 0 Å². The molecule has 0 fully saturated rings. The highest BCUT2D eigenvalue weighted by Crippen LogP contribution is 2.10. The summed E-state index contributed by atoms with van der Waals surface area (Å²) in [5.74, 6) is 0.0823. The molecule has 0 bridgehead atoms. The topological polar surface area (TPSA) is 55.1 Å². The molecule has 0 unspecified atom stereocenters. The van der Waals surface area contributed by atoms with E-state index in [0.717, 1.165) is 6.42 Å². The van der Waals surface area contributed by atoms with Crippen LogP contribution >= 0.6 is 11.3 Å². The Bertz CT molecular complexity index is 246. The highest BCUT2D eigenvalue weighted by Gasteiger charge is 2.00. The van der Waals surface area contributed by atoms with Gasteiger partial charge < -0.3 is 11.1 Å². The second-order valence-corrected chi connectivity index (χ2v) is 3.75. The molecule has 0 aliphatic carbocycles. The van der Waals surface area contributed by atoms with Crippen molar-refractivity contribution in [2.45, 2.75) is 12.8 Å². The zero-order valence-corrected chi connectivity index (χ0v) is 8.27. The van der Waals surface area contributed by atoms with E-state index in [2.05, 4.69) is 5.32 Å². The summed E-state index contributed by atoms with van der Waals surface area (Å²) in [6.45, 7) is 1.08. The average molecular weight is 198 g/mol. The van der Waals surface area contributed by atoms with E-state index in [4.69, 9.17) is 5.73 Å². The van der Waals surface area contributed by atoms with Crippen molar-refractivity contribution in [3.63, 3.8) is 0 Å². The molecule has 3 N–H and O–H groups in total. The average Bonchev–Trinajstić information content (AvgIpc) is 2.64. The molecule has 0 saturated carbocycles. The normalized spacial score (nSPS) is 9.92. The largest absolute Gasteiger partial charge is 0.355 e. The van der Waals surface area contributed by atoms with Crippen LogP contribution in [0.1, 0.15) is 11.3 Å². The van der Waals surface area contributed by atoms with E-state index >= 15 is 0 Å². The summed E-state index contributed by atoms with van der Waals surface area (Å²) in [7, 11) is 0. The fourth-order valence-corrected chi connectivity index (χ4v) is 1.70. The van der Waals surface area contributed by atoms with Gasteiger partial charge in [0, 0.05) is 24.4 Å². The number of amides is 1. The Kier molecular flexibility index (Phi) is 4.49. The fraction of sp³-hybridized carbons (Fsp3) is 0.444. The van der Waals surface area contributed by atoms with E-state index in [1.54, 1.807) is 11.3 Å². The highest BCUT2D eigenvalue weighted by molar-refractivity contribution is 7.09. The van der Waals surface area contributed by atoms with Crippen LogP contribution < -0.4 is 11.1 Å². The van der Waals surface area contributed by atoms with Crippen LogP contribution in [0.25, 0.3) is 0 Å². The molecular weight excluding hydrogens is 184 g/mol. The van der Waals surface area contributed by atoms with Gasteiger partial charge in [0.2, 0.25) is 5.91 Å². The number of carbonyl (C=O) groups excluding carboxylic acids is 1. The van der Waals surface area contributed by atoms with Crippen LogP contribution in [0.4, 0.5) is 0 Å². The summed E-state index contributed by atoms with van der Waals surface area (Å²) in [6, 6.07) is 4.04. The maximum Gasteiger partial charge on any atom is 0.220 e. The first kappa shape index (κ1) is 10.2. The van der Waals surface area contributed by atoms with E-state index in [-0.39, 0.29) is 5.91 Å². The van der Waals surface area contributed by atoms with Crippen LogP contribution in [0.3, 0.4) is 0 Å². The Hall–Kier alpha value is -0.870. The van der Waals surface area contributed by atoms with Gasteiger partial charge in [0.25, 0.3) is 0 Å². The number of thiophene rings is 1. The van der Waals surface area contributed by atoms with Crippen molar-refractivity contribution in [3.8, 4) is 0 Å². The standard InChI is InChI=1S/C9H14N2OS/c10-5-6-11-9(12)4-3-8-2-1-7-13-8/h1-2,7H,3-6,10H2,(H,11,12). The Morgan fingerprint density at radius 3 is 3.08 bits per heavy atom. The number of carbonyl (C=O) groups is 1. The minimum Gasteiger partial charge on any atom is -0.355 e. The van der Waals surface area contributed by atoms with Crippen LogP contribution in [0, 0.1) is 0 Å². The number of hydrogen-bond donors (Lipinski definition) is 2. The van der Waals surface area contributed by atoms with Gasteiger partial charge in [-0.2, -0.15) is 0 Å². The summed E-state index contributed by atoms with van der Waals surface area (Å²) in [5.41, 5.74) is 5.25. The molecule has 13 heavy (non-hydrogen) atoms. The van der Waals surface area contributed by atoms with E-state index in [0.29, 0.717) is 19.5 Å². The van der Waals surface area contributed by atoms with E-state index in [9.17, 15) is 4.79 Å². The lowest BCUT2D eigenvalue weighted by Crippen LogP contribution is -2.29. The van der Waals surface area contributed by atoms with Gasteiger partial charge in [0.15, 0.2) is 0 Å². The fourth-order valence-electron chi connectivity index (χ4n) is 0.992. The quantitative estimate of drug-likeness (QED) is 0.733. The predicted molar refractivity (Wildman–Crippen MR) is 54.7 cm³/mol. The van der Waals surface area contributed by atoms with Gasteiger partial charge in [-0.1, -0.05) is 6.07 Å². The van der Waals surface area contributed by atoms with E-state index in [1.807, 2.05) is 17.5 Å². The van der Waals surface area contributed by atoms with Crippen molar-refractivity contribution in [3.05, 3.63) is 22.4 Å². The Balaban J connectivity index is 2.15. The number of aryl methyl sites for hydroxylation is 1. The predicted octanol–water partition coefficient (Wildman–Crippen LogP) is 0.756. The van der Waals surface area contributed by atoms with Crippen LogP contribution in [-0.4, -0.2) is 19.0 Å². The number of hydrogen-bond acceptors (Lipinski definition) is 3. The van der Waals surface area contributed by atoms with Crippen molar-refractivity contribution < 1.29 is 4.79 Å². The third-order valence-electron chi connectivity index (χ3n) is 1.65. The van der Waals surface area contributed by atoms with Crippen molar-refractivity contribution >= 4 is 17.2 Å². The molecule has 0 aromatic carbocycles. The van der Waals surface area contributed by atoms with Gasteiger partial charge in [-0.05, 0) is 17.9 Å². The van der Waals surface area contributed by atoms with Gasteiger partial charge in [-0.3, -0.25) is 4.79 Å². The molecule has 0 saturated heterocycles. The van der Waals surface area contributed by atoms with Gasteiger partial charge in [0.05, 0.1) is 0 Å². The molecule has 1 aromatic heterocycles. The molecule has 72 valence electrons. The Morgan fingerprint density at radius 1 is 1.62 bits per heavy atom. The number of rotatable bonds is 5. The first-order valence-corrected chi connectivity index (χ1v) is 5.20. The van der Waals surface area contributed by atoms with E-state index in [1.165, 1.54) is 4.88 Å². The number of nitrogens with one attached hydrogen (secondary N) is 1. The molecule has 0 atom stereocenters. The summed E-state index contributed by atoms with van der Waals surface area (Å²) in [4.78, 5) is 12.4. The lowest BCUT2D eigenvalue weighted by molar-refractivity contribution is -0.120. The maximum absolute atomic E-state index is 11.1. The first-order valence-electron chi connectivity index (χ1n) is 4.32. The second kappa shape index (κ2) is 5.72. The molecule has 0 radical (unpaired) electrons. The van der Waals surface area contributed by atoms with Crippen LogP contribution in [0.2, 0.25) is 0 Å². The van der Waals surface area contributed by atoms with Crippen molar-refractivity contribution in [2.75, 3.05) is 13.1 Å². The SMILES string of the molecule is NCCNC(=O)CCc1cccs1. The Labute approximate surface area is 81.9 Å². The molecule has 4 heteroatoms. The maximum atomic E-state index is 11.1. The highest BCUT2D eigenvalue weighted by atomic mass is 32.1. The zero-order valence-electron chi connectivity index (χ0n) is 7.45. The van der Waals surface area contributed by atoms with E-state index < -0.39 is 0 Å². The molecule has 1 aromatic rings. The lowest BCUT2D eigenvalue weighted by atomic mass is 10.2. The van der Waals surface area contributed by atoms with Crippen molar-refractivity contribution in [1.29, 1.82) is 0 Å².